The first-order chi connectivity index (χ1) is 11.5. The fraction of sp³-hybridized carbons (Fsp3) is 1.00. The molecule has 0 aliphatic heterocycles. The fourth-order valence-electron chi connectivity index (χ4n) is 0. The normalized spacial score (nSPS) is 5.62. The topological polar surface area (TPSA) is 312 Å². The van der Waals surface area contributed by atoms with Gasteiger partial charge < -0.3 is 143 Å². The van der Waals surface area contributed by atoms with E-state index in [-0.39, 0.29) is 111 Å². The molecule has 0 aliphatic carbocycles. The molecular formula is C12H48Cl6CoN12Rh. The molecule has 216 valence electrons. The van der Waals surface area contributed by atoms with Crippen LogP contribution in [-0.4, -0.2) is 78.5 Å². The van der Waals surface area contributed by atoms with E-state index in [0.717, 1.165) is 0 Å². The van der Waals surface area contributed by atoms with Crippen LogP contribution in [0.1, 0.15) is 0 Å². The minimum Gasteiger partial charge on any atom is -1.00 e. The molecule has 0 unspecified atom stereocenters. The van der Waals surface area contributed by atoms with Crippen LogP contribution in [0.5, 0.6) is 0 Å². The Morgan fingerprint density at radius 2 is 0.250 bits per heavy atom. The maximum atomic E-state index is 4.90. The molecule has 0 saturated carbocycles. The van der Waals surface area contributed by atoms with Crippen LogP contribution in [0.2, 0.25) is 0 Å². The molecule has 0 heterocycles. The molecule has 0 aliphatic rings. The zero-order valence-electron chi connectivity index (χ0n) is 18.3. The zero-order chi connectivity index (χ0) is 20.5. The molecule has 0 aromatic rings. The van der Waals surface area contributed by atoms with E-state index in [2.05, 4.69) is 0 Å². The molecule has 24 N–H and O–H groups in total. The fourth-order valence-corrected chi connectivity index (χ4v) is 0. The van der Waals surface area contributed by atoms with Gasteiger partial charge in [0.1, 0.15) is 0 Å². The number of hydrogen-bond acceptors (Lipinski definition) is 12. The van der Waals surface area contributed by atoms with Crippen LogP contribution in [-0.2, 0) is 36.3 Å². The van der Waals surface area contributed by atoms with Crippen LogP contribution < -0.4 is 143 Å². The molecule has 0 amide bonds. The standard InChI is InChI=1S/6C2H8N2.6ClH.Co.Rh/c6*3-1-2-4;;;;;;;;/h6*1-4H2;6*1H;;/q;;;;;;;;;;;;2*+3/p-6. The van der Waals surface area contributed by atoms with Gasteiger partial charge in [-0.05, 0) is 0 Å². The summed E-state index contributed by atoms with van der Waals surface area (Å²) in [7, 11) is 0. The van der Waals surface area contributed by atoms with Gasteiger partial charge >= 0.3 is 36.3 Å². The van der Waals surface area contributed by atoms with E-state index in [1.807, 2.05) is 0 Å². The Labute approximate surface area is 256 Å². The van der Waals surface area contributed by atoms with E-state index < -0.39 is 0 Å². The maximum Gasteiger partial charge on any atom is 3.00 e. The van der Waals surface area contributed by atoms with Crippen LogP contribution in [0.3, 0.4) is 0 Å². The summed E-state index contributed by atoms with van der Waals surface area (Å²) in [5, 5.41) is 0. The number of rotatable bonds is 6. The van der Waals surface area contributed by atoms with E-state index >= 15 is 0 Å². The van der Waals surface area contributed by atoms with Crippen LogP contribution in [0, 0.1) is 0 Å². The average molecular weight is 735 g/mol. The molecule has 0 rings (SSSR count). The van der Waals surface area contributed by atoms with Crippen molar-refractivity contribution in [3.63, 3.8) is 0 Å². The zero-order valence-corrected chi connectivity index (χ0v) is 25.6. The molecule has 32 heavy (non-hydrogen) atoms. The van der Waals surface area contributed by atoms with Gasteiger partial charge in [0.05, 0.1) is 0 Å². The minimum atomic E-state index is 0. The molecule has 0 saturated heterocycles. The summed E-state index contributed by atoms with van der Waals surface area (Å²) < 4.78 is 0. The van der Waals surface area contributed by atoms with E-state index in [1.165, 1.54) is 0 Å². The van der Waals surface area contributed by atoms with Gasteiger partial charge in [0, 0.05) is 78.5 Å². The number of hydrogen-bond donors (Lipinski definition) is 12. The third-order valence-corrected chi connectivity index (χ3v) is 1.00. The summed E-state index contributed by atoms with van der Waals surface area (Å²) in [6, 6.07) is 0. The third kappa shape index (κ3) is 453. The van der Waals surface area contributed by atoms with Crippen molar-refractivity contribution < 1.29 is 111 Å². The van der Waals surface area contributed by atoms with E-state index in [9.17, 15) is 0 Å². The van der Waals surface area contributed by atoms with E-state index in [0.29, 0.717) is 78.5 Å². The van der Waals surface area contributed by atoms with Crippen LogP contribution in [0.15, 0.2) is 0 Å². The minimum absolute atomic E-state index is 0. The summed E-state index contributed by atoms with van der Waals surface area (Å²) in [4.78, 5) is 0. The van der Waals surface area contributed by atoms with Crippen molar-refractivity contribution in [3.8, 4) is 0 Å². The summed E-state index contributed by atoms with van der Waals surface area (Å²) in [6.45, 7) is 7.17. The van der Waals surface area contributed by atoms with Crippen molar-refractivity contribution in [2.75, 3.05) is 78.5 Å². The van der Waals surface area contributed by atoms with Crippen LogP contribution in [0.4, 0.5) is 0 Å². The Morgan fingerprint density at radius 1 is 0.219 bits per heavy atom. The first-order valence-electron chi connectivity index (χ1n) is 7.90. The Kier molecular flexibility index (Phi) is 488. The Morgan fingerprint density at radius 3 is 0.250 bits per heavy atom. The molecular weight excluding hydrogens is 687 g/mol. The molecule has 0 bridgehead atoms. The molecule has 20 heteroatoms. The second kappa shape index (κ2) is 169. The van der Waals surface area contributed by atoms with Crippen LogP contribution >= 0.6 is 0 Å². The van der Waals surface area contributed by atoms with Gasteiger partial charge in [-0.2, -0.15) is 0 Å². The van der Waals surface area contributed by atoms with Gasteiger partial charge in [-0.1, -0.05) is 0 Å². The van der Waals surface area contributed by atoms with E-state index in [1.54, 1.807) is 0 Å². The van der Waals surface area contributed by atoms with E-state index in [4.69, 9.17) is 68.8 Å². The van der Waals surface area contributed by atoms with Gasteiger partial charge in [-0.3, -0.25) is 0 Å². The van der Waals surface area contributed by atoms with Crippen molar-refractivity contribution in [1.82, 2.24) is 0 Å². The molecule has 0 aromatic heterocycles. The number of halogens is 6. The second-order valence-electron chi connectivity index (χ2n) is 3.46. The molecule has 0 spiro atoms. The number of nitrogens with two attached hydrogens (primary N) is 12. The summed E-state index contributed by atoms with van der Waals surface area (Å²) >= 11 is 0. The molecule has 12 nitrogen and oxygen atoms in total. The summed E-state index contributed by atoms with van der Waals surface area (Å²) in [5.41, 5.74) is 58.8. The maximum absolute atomic E-state index is 4.90. The van der Waals surface area contributed by atoms with Crippen molar-refractivity contribution in [2.24, 2.45) is 68.8 Å². The van der Waals surface area contributed by atoms with Crippen molar-refractivity contribution in [3.05, 3.63) is 0 Å². The third-order valence-electron chi connectivity index (χ3n) is 1.00. The van der Waals surface area contributed by atoms with Crippen molar-refractivity contribution in [1.29, 1.82) is 0 Å². The first kappa shape index (κ1) is 92.2. The summed E-state index contributed by atoms with van der Waals surface area (Å²) in [5.74, 6) is 0. The predicted molar refractivity (Wildman–Crippen MR) is 109 cm³/mol. The summed E-state index contributed by atoms with van der Waals surface area (Å²) in [6.07, 6.45) is 0. The molecule has 0 atom stereocenters. The average Bonchev–Trinajstić information content (AvgIpc) is 2.68. The molecule has 0 aromatic carbocycles. The largest absolute Gasteiger partial charge is 3.00 e. The monoisotopic (exact) mass is 732 g/mol. The smallest absolute Gasteiger partial charge is 1.00 e. The van der Waals surface area contributed by atoms with Crippen molar-refractivity contribution >= 4 is 0 Å². The van der Waals surface area contributed by atoms with Gasteiger partial charge in [0.25, 0.3) is 0 Å². The molecule has 0 radical (unpaired) electrons. The van der Waals surface area contributed by atoms with Gasteiger partial charge in [0.15, 0.2) is 0 Å². The Hall–Kier alpha value is 2.39. The Balaban J connectivity index is -0.00000000964. The molecule has 0 fully saturated rings. The van der Waals surface area contributed by atoms with Gasteiger partial charge in [-0.15, -0.1) is 0 Å². The second-order valence-corrected chi connectivity index (χ2v) is 3.46. The SMILES string of the molecule is NCCN.NCCN.NCCN.NCCN.NCCN.NCCN.[Cl-].[Cl-].[Cl-].[Cl-].[Cl-].[Cl-].[Co+3].[Rh+3]. The van der Waals surface area contributed by atoms with Gasteiger partial charge in [0.2, 0.25) is 0 Å². The van der Waals surface area contributed by atoms with Crippen LogP contribution in [0.25, 0.3) is 0 Å². The quantitative estimate of drug-likeness (QED) is 0.113. The first-order valence-corrected chi connectivity index (χ1v) is 7.90. The Bertz CT molecular complexity index is 101. The van der Waals surface area contributed by atoms with Crippen molar-refractivity contribution in [2.45, 2.75) is 0 Å². The predicted octanol–water partition coefficient (Wildman–Crippen LogP) is -24.6. The van der Waals surface area contributed by atoms with Gasteiger partial charge in [-0.25, -0.2) is 0 Å².